The first-order chi connectivity index (χ1) is 20.7. The van der Waals surface area contributed by atoms with Gasteiger partial charge < -0.3 is 44.4 Å². The molecule has 6 N–H and O–H groups in total. The number of nitrogens with two attached hydrogens (primary N) is 1. The quantitative estimate of drug-likeness (QED) is 0.139. The highest BCUT2D eigenvalue weighted by Gasteiger charge is 2.56. The van der Waals surface area contributed by atoms with E-state index in [-0.39, 0.29) is 52.6 Å². The maximum atomic E-state index is 13.2. The van der Waals surface area contributed by atoms with Crippen molar-refractivity contribution in [3.8, 4) is 11.5 Å². The number of fused-ring (bicyclic) bond motifs is 8. The van der Waals surface area contributed by atoms with Crippen LogP contribution in [-0.4, -0.2) is 74.0 Å². The number of carbonyl (C=O) groups excluding carboxylic acids is 1. The number of anilines is 1. The van der Waals surface area contributed by atoms with Crippen molar-refractivity contribution >= 4 is 33.9 Å². The highest BCUT2D eigenvalue weighted by Crippen LogP contribution is 2.54. The number of rotatable bonds is 4. The summed E-state index contributed by atoms with van der Waals surface area (Å²) in [5, 5.41) is 32.1. The van der Waals surface area contributed by atoms with Gasteiger partial charge in [0, 0.05) is 18.9 Å². The number of H-pyrrole nitrogens is 1. The van der Waals surface area contributed by atoms with E-state index in [1.807, 2.05) is 0 Å². The van der Waals surface area contributed by atoms with Gasteiger partial charge in [0.2, 0.25) is 18.0 Å². The van der Waals surface area contributed by atoms with Crippen LogP contribution in [0.5, 0.6) is 11.5 Å². The van der Waals surface area contributed by atoms with E-state index in [2.05, 4.69) is 9.97 Å². The number of nitrogen functional groups attached to an aromatic ring is 1. The van der Waals surface area contributed by atoms with Crippen LogP contribution in [0.2, 0.25) is 0 Å². The molecule has 0 amide bonds. The van der Waals surface area contributed by atoms with Crippen molar-refractivity contribution in [2.24, 2.45) is 0 Å². The molecule has 16 nitrogen and oxygen atoms in total. The predicted molar refractivity (Wildman–Crippen MR) is 142 cm³/mol. The standard InChI is InChI=1S/C27H25N5O11/c1-39-11-5-12-17(21-16(11)8-2-3-9(34)15(8)25(38)42-21)18-20(36)24(43-26(18)41-12)32-7-31(14-4-10(35)13(6-33)40-14)22-19(32)23(37)30-27(28)29-22/h5,7,10,13-14,18,20,24,26,33,35-36H,2-4,6H2,1H3,(H2-,28,29,30,37)/p+1/t10-,13+,14+,18+,20+,24+,26-/m0/s1. The molecule has 7 atom stereocenters. The van der Waals surface area contributed by atoms with Crippen LogP contribution >= 0.6 is 0 Å². The Bertz CT molecular complexity index is 1980. The smallest absolute Gasteiger partial charge is 0.347 e. The van der Waals surface area contributed by atoms with E-state index < -0.39 is 60.8 Å². The van der Waals surface area contributed by atoms with Gasteiger partial charge in [-0.25, -0.2) is 13.9 Å². The molecule has 16 heteroatoms. The number of aliphatic hydroxyl groups excluding tert-OH is 3. The molecule has 224 valence electrons. The molecule has 4 aromatic rings. The third-order valence-electron chi connectivity index (χ3n) is 8.77. The van der Waals surface area contributed by atoms with E-state index in [0.29, 0.717) is 28.7 Å². The van der Waals surface area contributed by atoms with E-state index in [1.54, 1.807) is 6.07 Å². The third kappa shape index (κ3) is 3.52. The molecule has 3 aromatic heterocycles. The number of carbonyl (C=O) groups is 1. The van der Waals surface area contributed by atoms with Gasteiger partial charge in [0.25, 0.3) is 11.5 Å². The lowest BCUT2D eigenvalue weighted by Crippen LogP contribution is -2.40. The summed E-state index contributed by atoms with van der Waals surface area (Å²) in [6.07, 6.45) is -4.10. The van der Waals surface area contributed by atoms with Crippen LogP contribution in [0.4, 0.5) is 5.95 Å². The number of Topliss-reactive ketones (excluding diaryl/α,β-unsaturated/α-hetero) is 1. The molecule has 1 aliphatic carbocycles. The third-order valence-corrected chi connectivity index (χ3v) is 8.77. The molecule has 0 spiro atoms. The number of hydrogen-bond acceptors (Lipinski definition) is 13. The number of imidazole rings is 1. The van der Waals surface area contributed by atoms with Gasteiger partial charge in [0.05, 0.1) is 36.7 Å². The molecule has 0 unspecified atom stereocenters. The number of aromatic nitrogens is 4. The number of ketones is 1. The summed E-state index contributed by atoms with van der Waals surface area (Å²) in [5.41, 5.74) is 5.59. The second-order valence-electron chi connectivity index (χ2n) is 11.1. The number of nitrogens with one attached hydrogen (secondary N) is 1. The van der Waals surface area contributed by atoms with Crippen molar-refractivity contribution in [2.75, 3.05) is 19.5 Å². The Morgan fingerprint density at radius 1 is 1.23 bits per heavy atom. The molecule has 4 aliphatic rings. The summed E-state index contributed by atoms with van der Waals surface area (Å²) >= 11 is 0. The maximum absolute atomic E-state index is 13.2. The van der Waals surface area contributed by atoms with Gasteiger partial charge >= 0.3 is 11.3 Å². The first-order valence-corrected chi connectivity index (χ1v) is 13.7. The Hall–Kier alpha value is -4.35. The molecular weight excluding hydrogens is 570 g/mol. The zero-order chi connectivity index (χ0) is 29.9. The van der Waals surface area contributed by atoms with E-state index in [1.165, 1.54) is 22.6 Å². The van der Waals surface area contributed by atoms with Crippen molar-refractivity contribution < 1.29 is 48.0 Å². The van der Waals surface area contributed by atoms with Crippen molar-refractivity contribution in [1.82, 2.24) is 14.5 Å². The normalized spacial score (nSPS) is 29.3. The van der Waals surface area contributed by atoms with Crippen molar-refractivity contribution in [2.45, 2.75) is 62.2 Å². The summed E-state index contributed by atoms with van der Waals surface area (Å²) in [7, 11) is 1.45. The van der Waals surface area contributed by atoms with E-state index in [0.717, 1.165) is 0 Å². The highest BCUT2D eigenvalue weighted by molar-refractivity contribution is 6.06. The number of ether oxygens (including phenoxy) is 4. The van der Waals surface area contributed by atoms with Crippen LogP contribution in [-0.2, 0) is 15.9 Å². The Kier molecular flexibility index (Phi) is 5.55. The van der Waals surface area contributed by atoms with Gasteiger partial charge in [-0.2, -0.15) is 0 Å². The monoisotopic (exact) mass is 596 g/mol. The van der Waals surface area contributed by atoms with Crippen LogP contribution in [0.3, 0.4) is 0 Å². The number of aliphatic hydroxyl groups is 3. The summed E-state index contributed by atoms with van der Waals surface area (Å²) in [6, 6.07) is 1.61. The number of aromatic amines is 1. The van der Waals surface area contributed by atoms with Gasteiger partial charge in [-0.1, -0.05) is 4.98 Å². The first kappa shape index (κ1) is 26.3. The molecule has 0 saturated carbocycles. The molecule has 8 rings (SSSR count). The molecule has 1 aromatic carbocycles. The van der Waals surface area contributed by atoms with Gasteiger partial charge in [0.15, 0.2) is 18.3 Å². The van der Waals surface area contributed by atoms with E-state index in [9.17, 15) is 29.7 Å². The molecule has 2 saturated heterocycles. The zero-order valence-corrected chi connectivity index (χ0v) is 22.6. The average molecular weight is 597 g/mol. The fraction of sp³-hybridized carbons (Fsp3) is 0.444. The highest BCUT2D eigenvalue weighted by atomic mass is 16.7. The van der Waals surface area contributed by atoms with E-state index in [4.69, 9.17) is 29.1 Å². The van der Waals surface area contributed by atoms with Crippen molar-refractivity contribution in [3.63, 3.8) is 0 Å². The summed E-state index contributed by atoms with van der Waals surface area (Å²) in [6.45, 7) is -0.413. The van der Waals surface area contributed by atoms with Crippen LogP contribution in [0, 0.1) is 0 Å². The zero-order valence-electron chi connectivity index (χ0n) is 22.6. The Morgan fingerprint density at radius 3 is 2.79 bits per heavy atom. The molecule has 2 fully saturated rings. The Balaban J connectivity index is 1.26. The largest absolute Gasteiger partial charge is 0.496 e. The fourth-order valence-corrected chi connectivity index (χ4v) is 6.87. The minimum Gasteiger partial charge on any atom is -0.496 e. The SMILES string of the molecule is COc1cc2c(c3oc(=O)c4c(c13)CCC4=O)[C@H]1[C@@H](O2)O[C@@H](n2c[n+]([C@H]3C[C@H](O)[C@@H](CO)O3)c3nc(N)[nH]c(=O)c32)[C@@H]1O. The van der Waals surface area contributed by atoms with Crippen molar-refractivity contribution in [1.29, 1.82) is 0 Å². The minimum absolute atomic E-state index is 0.000590. The summed E-state index contributed by atoms with van der Waals surface area (Å²) in [5.74, 6) is -0.691. The summed E-state index contributed by atoms with van der Waals surface area (Å²) in [4.78, 5) is 45.2. The lowest BCUT2D eigenvalue weighted by molar-refractivity contribution is -0.739. The summed E-state index contributed by atoms with van der Waals surface area (Å²) < 4.78 is 32.2. The predicted octanol–water partition coefficient (Wildman–Crippen LogP) is -1.13. The van der Waals surface area contributed by atoms with Crippen LogP contribution in [0.1, 0.15) is 52.7 Å². The number of benzene rings is 1. The first-order valence-electron chi connectivity index (χ1n) is 13.7. The van der Waals surface area contributed by atoms with Gasteiger partial charge in [0.1, 0.15) is 34.9 Å². The fourth-order valence-electron chi connectivity index (χ4n) is 6.87. The van der Waals surface area contributed by atoms with E-state index >= 15 is 0 Å². The van der Waals surface area contributed by atoms with Crippen LogP contribution in [0.15, 0.2) is 26.4 Å². The second-order valence-corrected chi connectivity index (χ2v) is 11.1. The van der Waals surface area contributed by atoms with Gasteiger partial charge in [-0.05, 0) is 12.0 Å². The second kappa shape index (κ2) is 9.08. The Morgan fingerprint density at radius 2 is 2.05 bits per heavy atom. The lowest BCUT2D eigenvalue weighted by atomic mass is 9.91. The molecule has 6 heterocycles. The Labute approximate surface area is 239 Å². The van der Waals surface area contributed by atoms with Crippen LogP contribution in [0.25, 0.3) is 22.1 Å². The lowest BCUT2D eigenvalue weighted by Gasteiger charge is -2.18. The molecule has 3 aliphatic heterocycles. The minimum atomic E-state index is -1.33. The average Bonchev–Trinajstić information content (AvgIpc) is 3.77. The molecule has 43 heavy (non-hydrogen) atoms. The number of hydrogen-bond donors (Lipinski definition) is 5. The molecule has 0 bridgehead atoms. The maximum Gasteiger partial charge on any atom is 0.347 e. The van der Waals surface area contributed by atoms with Gasteiger partial charge in [-0.15, -0.1) is 0 Å². The van der Waals surface area contributed by atoms with Crippen LogP contribution < -0.4 is 31.0 Å². The number of nitrogens with zero attached hydrogens (tertiary/aromatic N) is 3. The number of aryl methyl sites for hydroxylation is 1. The molecular formula is C27H26N5O11+. The van der Waals surface area contributed by atoms with Gasteiger partial charge in [-0.3, -0.25) is 14.6 Å². The topological polar surface area (TPSA) is 225 Å². The number of methoxy groups -OCH3 is 1. The van der Waals surface area contributed by atoms with Crippen molar-refractivity contribution in [3.05, 3.63) is 49.9 Å². The molecule has 0 radical (unpaired) electrons.